The van der Waals surface area contributed by atoms with Gasteiger partial charge in [-0.15, -0.1) is 0 Å². The van der Waals surface area contributed by atoms with Crippen molar-refractivity contribution in [3.8, 4) is 34.2 Å². The lowest BCUT2D eigenvalue weighted by Gasteiger charge is -2.36. The molecule has 15 nitrogen and oxygen atoms in total. The van der Waals surface area contributed by atoms with Gasteiger partial charge in [-0.1, -0.05) is 118 Å². The molecule has 15 heteroatoms. The minimum absolute atomic E-state index is 0.0622. The summed E-state index contributed by atoms with van der Waals surface area (Å²) in [6.45, 7) is 10.6. The van der Waals surface area contributed by atoms with Crippen molar-refractivity contribution in [2.24, 2.45) is 16.8 Å². The smallest absolute Gasteiger partial charge is 0.407 e. The SMILES string of the molecule is C=C(OC)[C@H]1C#CC(c2ncc(-c3ccc(-c4ccc5c(c4)C=CC4NC(CN(CCC)C(=O)[C@H](NC(=O)OC)c6ccccc6)=NC54)cc3)[nH]2)N(C(=O)[C@@H](NC(=O)OC)C(C)C)C1. The van der Waals surface area contributed by atoms with E-state index >= 15 is 0 Å². The Morgan fingerprint density at radius 3 is 2.31 bits per heavy atom. The van der Waals surface area contributed by atoms with Gasteiger partial charge in [0.1, 0.15) is 35.5 Å². The van der Waals surface area contributed by atoms with Crippen molar-refractivity contribution < 1.29 is 33.4 Å². The van der Waals surface area contributed by atoms with Crippen molar-refractivity contribution >= 4 is 35.9 Å². The number of benzene rings is 3. The first-order valence-corrected chi connectivity index (χ1v) is 21.3. The van der Waals surface area contributed by atoms with Crippen LogP contribution in [0.3, 0.4) is 0 Å². The van der Waals surface area contributed by atoms with Gasteiger partial charge in [-0.2, -0.15) is 0 Å². The summed E-state index contributed by atoms with van der Waals surface area (Å²) in [6.07, 6.45) is 5.29. The molecule has 1 aromatic heterocycles. The number of carbonyl (C=O) groups is 4. The molecular formula is C49H54N8O7. The Morgan fingerprint density at radius 1 is 0.922 bits per heavy atom. The summed E-state index contributed by atoms with van der Waals surface area (Å²) in [7, 11) is 4.05. The van der Waals surface area contributed by atoms with Gasteiger partial charge in [-0.05, 0) is 51.8 Å². The molecule has 3 unspecified atom stereocenters. The van der Waals surface area contributed by atoms with E-state index in [1.807, 2.05) is 63.2 Å². The standard InChI is InChI=1S/C49H54N8O7/c1-8-24-56(46(58)43(55-49(61)64-7)33-12-10-9-11-13-33)28-41-51-38-22-19-35-25-34(18-21-37(35)44(38)53-41)31-14-16-32(17-15-31)39-26-50-45(52-39)40-23-20-36(30(4)62-5)27-57(40)47(59)42(29(2)3)54-48(60)63-6/h9-19,21-22,25-26,29,36,38,40,42-44H,4,8,24,27-28H2,1-3,5-7H3,(H,50,52)(H,51,53)(H,54,60)(H,55,61)/t36-,38?,40?,42-,43+,44?/m0/s1. The Bertz CT molecular complexity index is 2500. The first kappa shape index (κ1) is 44.7. The molecule has 3 aliphatic rings. The predicted molar refractivity (Wildman–Crippen MR) is 243 cm³/mol. The normalized spacial score (nSPS) is 19.0. The number of amidine groups is 1. The molecule has 64 heavy (non-hydrogen) atoms. The summed E-state index contributed by atoms with van der Waals surface area (Å²) in [5, 5.41) is 8.92. The molecule has 2 aliphatic heterocycles. The van der Waals surface area contributed by atoms with Crippen LogP contribution in [0.1, 0.15) is 67.8 Å². The highest BCUT2D eigenvalue weighted by Crippen LogP contribution is 2.37. The zero-order chi connectivity index (χ0) is 45.5. The molecule has 332 valence electrons. The Morgan fingerprint density at radius 2 is 1.62 bits per heavy atom. The third-order valence-electron chi connectivity index (χ3n) is 11.6. The van der Waals surface area contributed by atoms with Gasteiger partial charge in [0.25, 0.3) is 0 Å². The van der Waals surface area contributed by atoms with Crippen LogP contribution in [0, 0.1) is 23.7 Å². The minimum Gasteiger partial charge on any atom is -0.500 e. The van der Waals surface area contributed by atoms with Crippen LogP contribution in [0.15, 0.2) is 102 Å². The number of nitrogens with zero attached hydrogens (tertiary/aromatic N) is 4. The molecule has 3 heterocycles. The summed E-state index contributed by atoms with van der Waals surface area (Å²) >= 11 is 0. The zero-order valence-corrected chi connectivity index (χ0v) is 36.9. The number of ether oxygens (including phenoxy) is 3. The number of methoxy groups -OCH3 is 3. The van der Waals surface area contributed by atoms with Gasteiger partial charge < -0.3 is 44.9 Å². The number of fused-ring (bicyclic) bond motifs is 3. The third kappa shape index (κ3) is 9.66. The topological polar surface area (TPSA) is 180 Å². The average Bonchev–Trinajstić information content (AvgIpc) is 3.99. The summed E-state index contributed by atoms with van der Waals surface area (Å²) in [4.78, 5) is 69.0. The molecule has 4 N–H and O–H groups in total. The predicted octanol–water partition coefficient (Wildman–Crippen LogP) is 6.56. The summed E-state index contributed by atoms with van der Waals surface area (Å²) in [5.41, 5.74) is 6.52. The number of rotatable bonds is 15. The lowest BCUT2D eigenvalue weighted by Crippen LogP contribution is -2.53. The molecule has 6 atom stereocenters. The van der Waals surface area contributed by atoms with Crippen molar-refractivity contribution in [1.82, 2.24) is 35.7 Å². The van der Waals surface area contributed by atoms with Crippen LogP contribution in [-0.2, 0) is 23.8 Å². The van der Waals surface area contributed by atoms with Crippen LogP contribution in [0.25, 0.3) is 28.5 Å². The second-order valence-corrected chi connectivity index (χ2v) is 16.2. The number of H-pyrrole nitrogens is 1. The highest BCUT2D eigenvalue weighted by molar-refractivity contribution is 5.94. The Labute approximate surface area is 373 Å². The maximum absolute atomic E-state index is 14.1. The highest BCUT2D eigenvalue weighted by Gasteiger charge is 2.38. The second-order valence-electron chi connectivity index (χ2n) is 16.2. The van der Waals surface area contributed by atoms with Crippen molar-refractivity contribution in [3.05, 3.63) is 120 Å². The first-order valence-electron chi connectivity index (χ1n) is 21.3. The molecule has 0 fully saturated rings. The van der Waals surface area contributed by atoms with Crippen LogP contribution in [0.4, 0.5) is 9.59 Å². The molecule has 0 radical (unpaired) electrons. The van der Waals surface area contributed by atoms with Gasteiger partial charge in [0.2, 0.25) is 11.8 Å². The van der Waals surface area contributed by atoms with E-state index in [2.05, 4.69) is 86.8 Å². The largest absolute Gasteiger partial charge is 0.500 e. The van der Waals surface area contributed by atoms with Gasteiger partial charge >= 0.3 is 12.2 Å². The molecular weight excluding hydrogens is 813 g/mol. The lowest BCUT2D eigenvalue weighted by molar-refractivity contribution is -0.136. The maximum Gasteiger partial charge on any atom is 0.407 e. The first-order chi connectivity index (χ1) is 30.9. The lowest BCUT2D eigenvalue weighted by atomic mass is 9.88. The van der Waals surface area contributed by atoms with Crippen molar-refractivity contribution in [2.75, 3.05) is 41.0 Å². The molecule has 0 spiro atoms. The molecule has 0 saturated carbocycles. The number of hydrogen-bond donors (Lipinski definition) is 4. The monoisotopic (exact) mass is 866 g/mol. The minimum atomic E-state index is -0.910. The van der Waals surface area contributed by atoms with Gasteiger partial charge in [0.15, 0.2) is 6.04 Å². The molecule has 1 aliphatic carbocycles. The van der Waals surface area contributed by atoms with Gasteiger partial charge in [-0.25, -0.2) is 14.6 Å². The summed E-state index contributed by atoms with van der Waals surface area (Å²) in [6, 6.07) is 21.0. The third-order valence-corrected chi connectivity index (χ3v) is 11.6. The van der Waals surface area contributed by atoms with Gasteiger partial charge in [-0.3, -0.25) is 14.6 Å². The van der Waals surface area contributed by atoms with Gasteiger partial charge in [0.05, 0.1) is 51.7 Å². The average molecular weight is 867 g/mol. The zero-order valence-electron chi connectivity index (χ0n) is 36.9. The number of aromatic nitrogens is 2. The van der Waals surface area contributed by atoms with E-state index in [1.54, 1.807) is 16.0 Å². The van der Waals surface area contributed by atoms with Crippen LogP contribution < -0.4 is 16.0 Å². The fourth-order valence-electron chi connectivity index (χ4n) is 8.15. The number of aromatic amines is 1. The van der Waals surface area contributed by atoms with E-state index in [9.17, 15) is 19.2 Å². The molecule has 3 aromatic carbocycles. The summed E-state index contributed by atoms with van der Waals surface area (Å²) in [5.74, 6) is 6.78. The van der Waals surface area contributed by atoms with Crippen LogP contribution >= 0.6 is 0 Å². The second kappa shape index (κ2) is 19.8. The van der Waals surface area contributed by atoms with Gasteiger partial charge in [0, 0.05) is 13.1 Å². The van der Waals surface area contributed by atoms with E-state index < -0.39 is 36.2 Å². The molecule has 0 bridgehead atoms. The number of aliphatic imine (C=N–C) groups is 1. The Balaban J connectivity index is 1.06. The fourth-order valence-corrected chi connectivity index (χ4v) is 8.15. The Hall–Kier alpha value is -7.34. The van der Waals surface area contributed by atoms with E-state index in [1.165, 1.54) is 21.3 Å². The number of imidazole rings is 1. The fraction of sp³-hybridized carbons (Fsp3) is 0.347. The molecule has 0 saturated heterocycles. The van der Waals surface area contributed by atoms with Crippen LogP contribution in [0.2, 0.25) is 0 Å². The quantitative estimate of drug-likeness (QED) is 0.0761. The van der Waals surface area contributed by atoms with E-state index in [-0.39, 0.29) is 42.9 Å². The van der Waals surface area contributed by atoms with E-state index in [4.69, 9.17) is 19.2 Å². The molecule has 7 rings (SSSR count). The van der Waals surface area contributed by atoms with Crippen molar-refractivity contribution in [3.63, 3.8) is 0 Å². The molecule has 4 aromatic rings. The number of nitrogens with one attached hydrogen (secondary N) is 4. The number of amides is 4. The molecule has 4 amide bonds. The number of alkyl carbamates (subject to hydrolysis) is 2. The van der Waals surface area contributed by atoms with Crippen molar-refractivity contribution in [1.29, 1.82) is 0 Å². The maximum atomic E-state index is 14.1. The van der Waals surface area contributed by atoms with E-state index in [0.29, 0.717) is 29.5 Å². The number of carbonyl (C=O) groups excluding carboxylic acids is 4. The van der Waals surface area contributed by atoms with E-state index in [0.717, 1.165) is 39.9 Å². The van der Waals surface area contributed by atoms with Crippen molar-refractivity contribution in [2.45, 2.75) is 57.4 Å². The highest BCUT2D eigenvalue weighted by atomic mass is 16.5. The Kier molecular flexibility index (Phi) is 13.8. The summed E-state index contributed by atoms with van der Waals surface area (Å²) < 4.78 is 15.0. The van der Waals surface area contributed by atoms with Crippen LogP contribution in [0.5, 0.6) is 0 Å². The number of hydrogen-bond acceptors (Lipinski definition) is 10. The van der Waals surface area contributed by atoms with Crippen LogP contribution in [-0.4, -0.2) is 103 Å².